The van der Waals surface area contributed by atoms with Crippen molar-refractivity contribution in [2.45, 2.75) is 44.8 Å². The minimum atomic E-state index is -0.120. The lowest BCUT2D eigenvalue weighted by atomic mass is 10.0. The first-order valence-corrected chi connectivity index (χ1v) is 11.5. The van der Waals surface area contributed by atoms with Gasteiger partial charge in [0.2, 0.25) is 0 Å². The summed E-state index contributed by atoms with van der Waals surface area (Å²) in [6, 6.07) is 14.1. The van der Waals surface area contributed by atoms with Crippen molar-refractivity contribution < 1.29 is 14.0 Å². The van der Waals surface area contributed by atoms with E-state index >= 15 is 0 Å². The number of furan rings is 1. The molecule has 0 spiro atoms. The minimum Gasteiger partial charge on any atom is -0.467 e. The van der Waals surface area contributed by atoms with Crippen molar-refractivity contribution in [2.24, 2.45) is 0 Å². The molecule has 2 aliphatic rings. The highest BCUT2D eigenvalue weighted by molar-refractivity contribution is 5.95. The summed E-state index contributed by atoms with van der Waals surface area (Å²) in [5.74, 6) is 0.580. The Labute approximate surface area is 193 Å². The van der Waals surface area contributed by atoms with Gasteiger partial charge in [0.1, 0.15) is 5.76 Å². The zero-order chi connectivity index (χ0) is 22.8. The number of carbonyl (C=O) groups is 2. The van der Waals surface area contributed by atoms with Crippen molar-refractivity contribution in [1.29, 1.82) is 0 Å². The molecule has 0 saturated carbocycles. The molecule has 4 heterocycles. The van der Waals surface area contributed by atoms with Crippen molar-refractivity contribution in [1.82, 2.24) is 15.2 Å². The number of anilines is 1. The summed E-state index contributed by atoms with van der Waals surface area (Å²) in [6.07, 6.45) is 7.26. The van der Waals surface area contributed by atoms with Gasteiger partial charge in [-0.3, -0.25) is 14.6 Å². The number of carbonyl (C=O) groups excluding carboxylic acids is 2. The van der Waals surface area contributed by atoms with Crippen LogP contribution in [0.4, 0.5) is 5.69 Å². The van der Waals surface area contributed by atoms with Crippen LogP contribution in [0.5, 0.6) is 0 Å². The fourth-order valence-corrected chi connectivity index (χ4v) is 4.84. The van der Waals surface area contributed by atoms with Gasteiger partial charge >= 0.3 is 0 Å². The topological polar surface area (TPSA) is 78.7 Å². The molecule has 1 aromatic carbocycles. The summed E-state index contributed by atoms with van der Waals surface area (Å²) in [4.78, 5) is 33.8. The first kappa shape index (κ1) is 21.2. The SMILES string of the molecule is CC1Cc2ccccc2N1Cc1occc1C(=O)N1CCC(NC(=O)c2cccnc2)CC1. The van der Waals surface area contributed by atoms with Gasteiger partial charge < -0.3 is 19.5 Å². The molecular formula is C26H28N4O3. The maximum absolute atomic E-state index is 13.3. The fourth-order valence-electron chi connectivity index (χ4n) is 4.84. The van der Waals surface area contributed by atoms with E-state index in [4.69, 9.17) is 4.42 Å². The van der Waals surface area contributed by atoms with Crippen molar-refractivity contribution in [3.8, 4) is 0 Å². The lowest BCUT2D eigenvalue weighted by molar-refractivity contribution is 0.0696. The number of aromatic nitrogens is 1. The molecule has 5 rings (SSSR count). The van der Waals surface area contributed by atoms with E-state index in [1.54, 1.807) is 36.9 Å². The molecule has 170 valence electrons. The van der Waals surface area contributed by atoms with Crippen LogP contribution in [0.15, 0.2) is 65.5 Å². The number of hydrogen-bond acceptors (Lipinski definition) is 5. The van der Waals surface area contributed by atoms with Crippen molar-refractivity contribution in [3.05, 3.63) is 83.6 Å². The quantitative estimate of drug-likeness (QED) is 0.650. The van der Waals surface area contributed by atoms with E-state index in [1.165, 1.54) is 11.3 Å². The number of piperidine rings is 1. The number of nitrogens with one attached hydrogen (secondary N) is 1. The number of rotatable bonds is 5. The number of hydrogen-bond donors (Lipinski definition) is 1. The van der Waals surface area contributed by atoms with Crippen LogP contribution in [0.1, 0.15) is 51.8 Å². The zero-order valence-corrected chi connectivity index (χ0v) is 18.7. The molecule has 7 heteroatoms. The highest BCUT2D eigenvalue weighted by atomic mass is 16.3. The fraction of sp³-hybridized carbons (Fsp3) is 0.346. The van der Waals surface area contributed by atoms with E-state index in [9.17, 15) is 9.59 Å². The van der Waals surface area contributed by atoms with Crippen LogP contribution in [-0.2, 0) is 13.0 Å². The van der Waals surface area contributed by atoms with Gasteiger partial charge in [-0.1, -0.05) is 18.2 Å². The van der Waals surface area contributed by atoms with Crippen LogP contribution in [0, 0.1) is 0 Å². The summed E-state index contributed by atoms with van der Waals surface area (Å²) >= 11 is 0. The number of benzene rings is 1. The molecule has 3 aromatic rings. The highest BCUT2D eigenvalue weighted by Gasteiger charge is 2.30. The van der Waals surface area contributed by atoms with E-state index in [0.29, 0.717) is 42.6 Å². The molecule has 1 saturated heterocycles. The van der Waals surface area contributed by atoms with E-state index in [0.717, 1.165) is 19.3 Å². The van der Waals surface area contributed by atoms with Gasteiger partial charge in [0, 0.05) is 43.3 Å². The first-order valence-electron chi connectivity index (χ1n) is 11.5. The summed E-state index contributed by atoms with van der Waals surface area (Å²) < 4.78 is 5.77. The summed E-state index contributed by atoms with van der Waals surface area (Å²) in [7, 11) is 0. The highest BCUT2D eigenvalue weighted by Crippen LogP contribution is 2.34. The number of likely N-dealkylation sites (tertiary alicyclic amines) is 1. The Morgan fingerprint density at radius 2 is 1.94 bits per heavy atom. The molecule has 1 unspecified atom stereocenters. The van der Waals surface area contributed by atoms with E-state index < -0.39 is 0 Å². The molecule has 0 aliphatic carbocycles. The van der Waals surface area contributed by atoms with Crippen LogP contribution in [0.25, 0.3) is 0 Å². The number of nitrogens with zero attached hydrogens (tertiary/aromatic N) is 3. The number of pyridine rings is 1. The van der Waals surface area contributed by atoms with Crippen molar-refractivity contribution in [2.75, 3.05) is 18.0 Å². The Hall–Kier alpha value is -3.61. The molecule has 1 atom stereocenters. The van der Waals surface area contributed by atoms with Crippen LogP contribution < -0.4 is 10.2 Å². The molecule has 2 amide bonds. The molecular weight excluding hydrogens is 416 g/mol. The maximum Gasteiger partial charge on any atom is 0.257 e. The average molecular weight is 445 g/mol. The maximum atomic E-state index is 13.3. The molecule has 33 heavy (non-hydrogen) atoms. The Balaban J connectivity index is 1.21. The van der Waals surface area contributed by atoms with E-state index in [1.807, 2.05) is 4.90 Å². The lowest BCUT2D eigenvalue weighted by Crippen LogP contribution is -2.46. The summed E-state index contributed by atoms with van der Waals surface area (Å²) in [6.45, 7) is 3.98. The second kappa shape index (κ2) is 9.10. The van der Waals surface area contributed by atoms with E-state index in [2.05, 4.69) is 46.4 Å². The monoisotopic (exact) mass is 444 g/mol. The third kappa shape index (κ3) is 4.35. The zero-order valence-electron chi connectivity index (χ0n) is 18.7. The molecule has 7 nitrogen and oxygen atoms in total. The third-order valence-corrected chi connectivity index (χ3v) is 6.68. The van der Waals surface area contributed by atoms with Gasteiger partial charge in [0.05, 0.1) is 23.9 Å². The van der Waals surface area contributed by atoms with Gasteiger partial charge in [-0.15, -0.1) is 0 Å². The Kier molecular flexibility index (Phi) is 5.86. The molecule has 2 aliphatic heterocycles. The normalized spacial score (nSPS) is 18.3. The summed E-state index contributed by atoms with van der Waals surface area (Å²) in [5.41, 5.74) is 3.73. The second-order valence-corrected chi connectivity index (χ2v) is 8.85. The molecule has 0 radical (unpaired) electrons. The molecule has 1 N–H and O–H groups in total. The van der Waals surface area contributed by atoms with Gasteiger partial charge in [0.15, 0.2) is 0 Å². The molecule has 2 aromatic heterocycles. The average Bonchev–Trinajstić information content (AvgIpc) is 3.44. The van der Waals surface area contributed by atoms with E-state index in [-0.39, 0.29) is 17.9 Å². The van der Waals surface area contributed by atoms with Crippen LogP contribution in [0.3, 0.4) is 0 Å². The van der Waals surface area contributed by atoms with Crippen LogP contribution in [0.2, 0.25) is 0 Å². The first-order chi connectivity index (χ1) is 16.1. The molecule has 1 fully saturated rings. The van der Waals surface area contributed by atoms with Gasteiger partial charge in [-0.05, 0) is 56.0 Å². The number of para-hydroxylation sites is 1. The Bertz CT molecular complexity index is 1140. The van der Waals surface area contributed by atoms with Gasteiger partial charge in [-0.25, -0.2) is 0 Å². The van der Waals surface area contributed by atoms with Crippen LogP contribution in [-0.4, -0.2) is 46.9 Å². The van der Waals surface area contributed by atoms with Crippen LogP contribution >= 0.6 is 0 Å². The van der Waals surface area contributed by atoms with Crippen molar-refractivity contribution >= 4 is 17.5 Å². The lowest BCUT2D eigenvalue weighted by Gasteiger charge is -2.32. The number of fused-ring (bicyclic) bond motifs is 1. The summed E-state index contributed by atoms with van der Waals surface area (Å²) in [5, 5.41) is 3.06. The third-order valence-electron chi connectivity index (χ3n) is 6.68. The largest absolute Gasteiger partial charge is 0.467 e. The predicted octanol–water partition coefficient (Wildman–Crippen LogP) is 3.66. The van der Waals surface area contributed by atoms with Gasteiger partial charge in [0.25, 0.3) is 11.8 Å². The number of amides is 2. The van der Waals surface area contributed by atoms with Crippen molar-refractivity contribution in [3.63, 3.8) is 0 Å². The Morgan fingerprint density at radius 1 is 1.12 bits per heavy atom. The minimum absolute atomic E-state index is 0.00378. The Morgan fingerprint density at radius 3 is 2.73 bits per heavy atom. The smallest absolute Gasteiger partial charge is 0.257 e. The van der Waals surface area contributed by atoms with Gasteiger partial charge in [-0.2, -0.15) is 0 Å². The second-order valence-electron chi connectivity index (χ2n) is 8.85. The standard InChI is InChI=1S/C26H28N4O3/c1-18-15-19-5-2-3-7-23(19)30(18)17-24-22(10-14-33-24)26(32)29-12-8-21(9-13-29)28-25(31)20-6-4-11-27-16-20/h2-7,10-11,14,16,18,21H,8-9,12-13,15,17H2,1H3,(H,28,31). The predicted molar refractivity (Wildman–Crippen MR) is 125 cm³/mol. The molecule has 0 bridgehead atoms.